The summed E-state index contributed by atoms with van der Waals surface area (Å²) in [6.07, 6.45) is 1.33. The van der Waals surface area contributed by atoms with Crippen molar-refractivity contribution in [1.29, 1.82) is 0 Å². The molecule has 3 aromatic rings. The van der Waals surface area contributed by atoms with Crippen LogP contribution in [0.3, 0.4) is 0 Å². The highest BCUT2D eigenvalue weighted by Crippen LogP contribution is 2.28. The van der Waals surface area contributed by atoms with Crippen molar-refractivity contribution in [2.45, 2.75) is 6.92 Å². The number of anilines is 4. The van der Waals surface area contributed by atoms with Gasteiger partial charge in [0.25, 0.3) is 5.91 Å². The maximum Gasteiger partial charge on any atom is 0.273 e. The van der Waals surface area contributed by atoms with Gasteiger partial charge in [0.1, 0.15) is 17.8 Å². The number of rotatable bonds is 6. The molecule has 0 aliphatic heterocycles. The second-order valence-electron chi connectivity index (χ2n) is 5.85. The van der Waals surface area contributed by atoms with Gasteiger partial charge in [0.2, 0.25) is 0 Å². The molecular formula is C19H19ClN6O2. The van der Waals surface area contributed by atoms with Crippen molar-refractivity contribution in [3.8, 4) is 5.75 Å². The van der Waals surface area contributed by atoms with Crippen LogP contribution in [0.1, 0.15) is 15.9 Å². The number of aryl methyl sites for hydroxylation is 1. The molecule has 144 valence electrons. The number of para-hydroxylation sites is 1. The monoisotopic (exact) mass is 398 g/mol. The van der Waals surface area contributed by atoms with E-state index < -0.39 is 5.91 Å². The Balaban J connectivity index is 1.76. The predicted octanol–water partition coefficient (Wildman–Crippen LogP) is 3.53. The molecule has 1 aromatic heterocycles. The lowest BCUT2D eigenvalue weighted by Crippen LogP contribution is -2.30. The molecule has 3 rings (SSSR count). The quantitative estimate of drug-likeness (QED) is 0.469. The van der Waals surface area contributed by atoms with E-state index in [4.69, 9.17) is 22.1 Å². The average Bonchev–Trinajstić information content (AvgIpc) is 2.71. The smallest absolute Gasteiger partial charge is 0.273 e. The second kappa shape index (κ2) is 8.45. The Bertz CT molecular complexity index is 1010. The summed E-state index contributed by atoms with van der Waals surface area (Å²) >= 11 is 6.05. The molecule has 0 aliphatic rings. The van der Waals surface area contributed by atoms with Crippen LogP contribution in [0.15, 0.2) is 48.8 Å². The molecule has 0 bridgehead atoms. The highest BCUT2D eigenvalue weighted by Gasteiger charge is 2.14. The summed E-state index contributed by atoms with van der Waals surface area (Å²) in [4.78, 5) is 20.6. The highest BCUT2D eigenvalue weighted by atomic mass is 35.5. The normalized spacial score (nSPS) is 10.2. The molecule has 9 heteroatoms. The second-order valence-corrected chi connectivity index (χ2v) is 6.28. The fourth-order valence-electron chi connectivity index (χ4n) is 2.47. The van der Waals surface area contributed by atoms with E-state index in [-0.39, 0.29) is 11.5 Å². The van der Waals surface area contributed by atoms with Gasteiger partial charge in [-0.3, -0.25) is 15.6 Å². The van der Waals surface area contributed by atoms with Crippen LogP contribution in [0.5, 0.6) is 5.75 Å². The minimum absolute atomic E-state index is 0.238. The number of hydrazine groups is 1. The number of nitrogens with two attached hydrogens (primary N) is 1. The topological polar surface area (TPSA) is 114 Å². The van der Waals surface area contributed by atoms with Crippen LogP contribution in [0, 0.1) is 6.92 Å². The number of nitrogens with zero attached hydrogens (tertiary/aromatic N) is 2. The van der Waals surface area contributed by atoms with Crippen LogP contribution >= 0.6 is 11.6 Å². The van der Waals surface area contributed by atoms with Gasteiger partial charge < -0.3 is 15.8 Å². The SMILES string of the molecule is COc1ccccc1C(=O)NNc1ncnc(Nc2cc(Cl)ccc2C)c1N. The van der Waals surface area contributed by atoms with Gasteiger partial charge >= 0.3 is 0 Å². The van der Waals surface area contributed by atoms with Crippen LogP contribution in [0.2, 0.25) is 5.02 Å². The summed E-state index contributed by atoms with van der Waals surface area (Å²) in [5.74, 6) is 0.696. The largest absolute Gasteiger partial charge is 0.496 e. The summed E-state index contributed by atoms with van der Waals surface area (Å²) in [5, 5.41) is 3.71. The minimum Gasteiger partial charge on any atom is -0.496 e. The van der Waals surface area contributed by atoms with Gasteiger partial charge in [-0.25, -0.2) is 9.97 Å². The number of nitrogens with one attached hydrogen (secondary N) is 3. The molecule has 0 unspecified atom stereocenters. The predicted molar refractivity (Wildman–Crippen MR) is 110 cm³/mol. The Kier molecular flexibility index (Phi) is 5.81. The standard InChI is InChI=1S/C19H19ClN6O2/c1-11-7-8-12(20)9-14(11)24-17-16(21)18(23-10-22-17)25-26-19(27)13-5-3-4-6-15(13)28-2/h3-10H,21H2,1-2H3,(H,26,27)(H2,22,23,24,25). The molecule has 0 saturated heterocycles. The first-order valence-electron chi connectivity index (χ1n) is 8.32. The lowest BCUT2D eigenvalue weighted by atomic mass is 10.2. The number of carbonyl (C=O) groups is 1. The molecule has 0 atom stereocenters. The summed E-state index contributed by atoms with van der Waals surface area (Å²) in [5.41, 5.74) is 13.8. The van der Waals surface area contributed by atoms with E-state index in [2.05, 4.69) is 26.1 Å². The Morgan fingerprint density at radius 2 is 1.89 bits per heavy atom. The lowest BCUT2D eigenvalue weighted by Gasteiger charge is -2.15. The van der Waals surface area contributed by atoms with E-state index in [1.165, 1.54) is 13.4 Å². The third-order valence-electron chi connectivity index (χ3n) is 3.98. The number of hydrogen-bond donors (Lipinski definition) is 4. The molecule has 0 aliphatic carbocycles. The van der Waals surface area contributed by atoms with Crippen molar-refractivity contribution < 1.29 is 9.53 Å². The number of amides is 1. The third kappa shape index (κ3) is 4.24. The fourth-order valence-corrected chi connectivity index (χ4v) is 2.64. The summed E-state index contributed by atoms with van der Waals surface area (Å²) < 4.78 is 5.19. The minimum atomic E-state index is -0.393. The summed E-state index contributed by atoms with van der Waals surface area (Å²) in [7, 11) is 1.50. The Morgan fingerprint density at radius 1 is 1.14 bits per heavy atom. The molecule has 0 saturated carbocycles. The number of benzene rings is 2. The molecule has 0 spiro atoms. The zero-order valence-electron chi connectivity index (χ0n) is 15.3. The van der Waals surface area contributed by atoms with Crippen molar-refractivity contribution in [3.63, 3.8) is 0 Å². The first-order valence-corrected chi connectivity index (χ1v) is 8.70. The van der Waals surface area contributed by atoms with Gasteiger partial charge in [-0.1, -0.05) is 29.8 Å². The van der Waals surface area contributed by atoms with Crippen molar-refractivity contribution >= 4 is 40.5 Å². The van der Waals surface area contributed by atoms with Crippen LogP contribution in [-0.4, -0.2) is 23.0 Å². The molecule has 0 radical (unpaired) electrons. The van der Waals surface area contributed by atoms with Gasteiger partial charge in [-0.05, 0) is 36.8 Å². The number of methoxy groups -OCH3 is 1. The number of nitrogen functional groups attached to an aromatic ring is 1. The molecule has 2 aromatic carbocycles. The summed E-state index contributed by atoms with van der Waals surface area (Å²) in [6, 6.07) is 12.3. The molecule has 5 N–H and O–H groups in total. The van der Waals surface area contributed by atoms with Crippen molar-refractivity contribution in [2.75, 3.05) is 23.6 Å². The van der Waals surface area contributed by atoms with Crippen LogP contribution in [-0.2, 0) is 0 Å². The molecule has 1 heterocycles. The molecule has 28 heavy (non-hydrogen) atoms. The Morgan fingerprint density at radius 3 is 2.68 bits per heavy atom. The van der Waals surface area contributed by atoms with E-state index in [1.807, 2.05) is 13.0 Å². The Labute approximate surface area is 167 Å². The zero-order valence-corrected chi connectivity index (χ0v) is 16.0. The summed E-state index contributed by atoms with van der Waals surface area (Å²) in [6.45, 7) is 1.93. The third-order valence-corrected chi connectivity index (χ3v) is 4.22. The van der Waals surface area contributed by atoms with Crippen LogP contribution in [0.4, 0.5) is 23.0 Å². The van der Waals surface area contributed by atoms with Crippen molar-refractivity contribution in [3.05, 3.63) is 64.9 Å². The number of ether oxygens (including phenoxy) is 1. The van der Waals surface area contributed by atoms with Crippen LogP contribution in [0.25, 0.3) is 0 Å². The first-order chi connectivity index (χ1) is 13.5. The van der Waals surface area contributed by atoms with Gasteiger partial charge in [-0.2, -0.15) is 0 Å². The van der Waals surface area contributed by atoms with Gasteiger partial charge in [0.15, 0.2) is 11.6 Å². The number of carbonyl (C=O) groups excluding carboxylic acids is 1. The van der Waals surface area contributed by atoms with Gasteiger partial charge in [0, 0.05) is 10.7 Å². The molecule has 1 amide bonds. The number of hydrogen-bond acceptors (Lipinski definition) is 7. The maximum absolute atomic E-state index is 12.4. The van der Waals surface area contributed by atoms with Crippen molar-refractivity contribution in [1.82, 2.24) is 15.4 Å². The van der Waals surface area contributed by atoms with Crippen molar-refractivity contribution in [2.24, 2.45) is 0 Å². The van der Waals surface area contributed by atoms with Gasteiger partial charge in [-0.15, -0.1) is 0 Å². The van der Waals surface area contributed by atoms with E-state index in [0.29, 0.717) is 22.2 Å². The lowest BCUT2D eigenvalue weighted by molar-refractivity contribution is 0.0959. The average molecular weight is 399 g/mol. The molecular weight excluding hydrogens is 380 g/mol. The first kappa shape index (κ1) is 19.2. The highest BCUT2D eigenvalue weighted by molar-refractivity contribution is 6.30. The number of halogens is 1. The molecule has 0 fully saturated rings. The van der Waals surface area contributed by atoms with E-state index >= 15 is 0 Å². The number of aromatic nitrogens is 2. The maximum atomic E-state index is 12.4. The molecule has 8 nitrogen and oxygen atoms in total. The van der Waals surface area contributed by atoms with E-state index in [9.17, 15) is 4.79 Å². The Hall–Kier alpha value is -3.52. The van der Waals surface area contributed by atoms with Crippen LogP contribution < -0.4 is 26.6 Å². The van der Waals surface area contributed by atoms with E-state index in [0.717, 1.165) is 11.3 Å². The fraction of sp³-hybridized carbons (Fsp3) is 0.105. The zero-order chi connectivity index (χ0) is 20.1. The van der Waals surface area contributed by atoms with E-state index in [1.54, 1.807) is 36.4 Å². The van der Waals surface area contributed by atoms with Gasteiger partial charge in [0.05, 0.1) is 12.7 Å².